The fraction of sp³-hybridized carbons (Fsp3) is 0.167. The molecule has 0 amide bonds. The van der Waals surface area contributed by atoms with Crippen LogP contribution in [0.3, 0.4) is 0 Å². The van der Waals surface area contributed by atoms with E-state index in [-0.39, 0.29) is 6.04 Å². The number of aromatic nitrogens is 2. The van der Waals surface area contributed by atoms with Crippen molar-refractivity contribution in [2.24, 2.45) is 5.73 Å². The van der Waals surface area contributed by atoms with Crippen molar-refractivity contribution in [2.75, 3.05) is 0 Å². The Morgan fingerprint density at radius 3 is 3.06 bits per heavy atom. The van der Waals surface area contributed by atoms with Crippen molar-refractivity contribution >= 4 is 22.4 Å². The number of thiazole rings is 1. The van der Waals surface area contributed by atoms with Crippen molar-refractivity contribution in [3.63, 3.8) is 0 Å². The van der Waals surface area contributed by atoms with Gasteiger partial charge in [0.15, 0.2) is 5.58 Å². The second-order valence-corrected chi connectivity index (χ2v) is 4.95. The molecule has 0 fully saturated rings. The van der Waals surface area contributed by atoms with E-state index < -0.39 is 5.76 Å². The molecule has 0 bridgehead atoms. The van der Waals surface area contributed by atoms with Gasteiger partial charge in [-0.1, -0.05) is 0 Å². The zero-order valence-electron chi connectivity index (χ0n) is 9.64. The summed E-state index contributed by atoms with van der Waals surface area (Å²) in [6.07, 6.45) is 0. The van der Waals surface area contributed by atoms with Crippen LogP contribution in [0.5, 0.6) is 0 Å². The Morgan fingerprint density at radius 2 is 2.33 bits per heavy atom. The highest BCUT2D eigenvalue weighted by atomic mass is 32.1. The number of H-pyrrole nitrogens is 1. The van der Waals surface area contributed by atoms with Crippen LogP contribution >= 0.6 is 11.3 Å². The minimum absolute atomic E-state index is 0.0764. The molecule has 18 heavy (non-hydrogen) atoms. The van der Waals surface area contributed by atoms with Gasteiger partial charge in [-0.25, -0.2) is 9.78 Å². The standard InChI is InChI=1S/C12H11N3O2S/c1-6(13)9-5-18-11(14-9)7-2-3-10-8(4-7)15-12(16)17-10/h2-6H,13H2,1H3,(H,15,16). The smallest absolute Gasteiger partial charge is 0.408 e. The summed E-state index contributed by atoms with van der Waals surface area (Å²) in [6.45, 7) is 1.90. The van der Waals surface area contributed by atoms with Crippen molar-refractivity contribution in [1.29, 1.82) is 0 Å². The van der Waals surface area contributed by atoms with Crippen molar-refractivity contribution in [2.45, 2.75) is 13.0 Å². The van der Waals surface area contributed by atoms with E-state index in [0.29, 0.717) is 11.1 Å². The normalized spacial score (nSPS) is 13.0. The van der Waals surface area contributed by atoms with E-state index in [0.717, 1.165) is 16.3 Å². The van der Waals surface area contributed by atoms with Gasteiger partial charge in [0.1, 0.15) is 5.01 Å². The second kappa shape index (κ2) is 4.08. The molecule has 0 aliphatic carbocycles. The Kier molecular flexibility index (Phi) is 2.53. The lowest BCUT2D eigenvalue weighted by molar-refractivity contribution is 0.555. The maximum Gasteiger partial charge on any atom is 0.417 e. The van der Waals surface area contributed by atoms with Gasteiger partial charge in [0, 0.05) is 17.0 Å². The van der Waals surface area contributed by atoms with E-state index in [2.05, 4.69) is 9.97 Å². The summed E-state index contributed by atoms with van der Waals surface area (Å²) in [6, 6.07) is 5.41. The number of nitrogens with zero attached hydrogens (tertiary/aromatic N) is 1. The highest BCUT2D eigenvalue weighted by Crippen LogP contribution is 2.27. The van der Waals surface area contributed by atoms with Gasteiger partial charge >= 0.3 is 5.76 Å². The molecule has 3 N–H and O–H groups in total. The van der Waals surface area contributed by atoms with Crippen LogP contribution in [0.2, 0.25) is 0 Å². The summed E-state index contributed by atoms with van der Waals surface area (Å²) in [5.74, 6) is -0.447. The minimum atomic E-state index is -0.447. The average Bonchev–Trinajstić information content (AvgIpc) is 2.91. The highest BCUT2D eigenvalue weighted by Gasteiger charge is 2.09. The molecule has 1 atom stereocenters. The van der Waals surface area contributed by atoms with Crippen LogP contribution in [-0.4, -0.2) is 9.97 Å². The molecule has 3 rings (SSSR count). The number of aromatic amines is 1. The summed E-state index contributed by atoms with van der Waals surface area (Å²) >= 11 is 1.53. The Balaban J connectivity index is 2.09. The topological polar surface area (TPSA) is 84.9 Å². The second-order valence-electron chi connectivity index (χ2n) is 4.09. The summed E-state index contributed by atoms with van der Waals surface area (Å²) < 4.78 is 4.95. The van der Waals surface area contributed by atoms with Gasteiger partial charge in [0.05, 0.1) is 11.2 Å². The number of oxazole rings is 1. The molecule has 6 heteroatoms. The first-order valence-electron chi connectivity index (χ1n) is 5.48. The molecule has 0 spiro atoms. The van der Waals surface area contributed by atoms with Crippen LogP contribution in [0, 0.1) is 0 Å². The third kappa shape index (κ3) is 1.85. The molecule has 5 nitrogen and oxygen atoms in total. The van der Waals surface area contributed by atoms with Crippen molar-refractivity contribution < 1.29 is 4.42 Å². The van der Waals surface area contributed by atoms with Gasteiger partial charge < -0.3 is 10.2 Å². The first-order valence-corrected chi connectivity index (χ1v) is 6.36. The van der Waals surface area contributed by atoms with Crippen molar-refractivity contribution in [1.82, 2.24) is 9.97 Å². The molecule has 0 aliphatic rings. The number of benzene rings is 1. The summed E-state index contributed by atoms with van der Waals surface area (Å²) in [7, 11) is 0. The van der Waals surface area contributed by atoms with E-state index >= 15 is 0 Å². The Bertz CT molecular complexity index is 754. The van der Waals surface area contributed by atoms with Crippen LogP contribution in [-0.2, 0) is 0 Å². The largest absolute Gasteiger partial charge is 0.417 e. The number of hydrogen-bond donors (Lipinski definition) is 2. The van der Waals surface area contributed by atoms with Crippen LogP contribution in [0.4, 0.5) is 0 Å². The third-order valence-electron chi connectivity index (χ3n) is 2.65. The number of nitrogens with one attached hydrogen (secondary N) is 1. The van der Waals surface area contributed by atoms with E-state index in [9.17, 15) is 4.79 Å². The summed E-state index contributed by atoms with van der Waals surface area (Å²) in [4.78, 5) is 18.2. The first-order chi connectivity index (χ1) is 8.63. The maximum absolute atomic E-state index is 11.1. The lowest BCUT2D eigenvalue weighted by Crippen LogP contribution is -2.04. The number of fused-ring (bicyclic) bond motifs is 1. The van der Waals surface area contributed by atoms with Gasteiger partial charge in [-0.2, -0.15) is 0 Å². The molecule has 92 valence electrons. The van der Waals surface area contributed by atoms with E-state index in [1.54, 1.807) is 6.07 Å². The molecule has 0 saturated heterocycles. The van der Waals surface area contributed by atoms with Gasteiger partial charge in [0.2, 0.25) is 0 Å². The lowest BCUT2D eigenvalue weighted by atomic mass is 10.2. The molecule has 0 saturated carbocycles. The third-order valence-corrected chi connectivity index (χ3v) is 3.56. The maximum atomic E-state index is 11.1. The van der Waals surface area contributed by atoms with E-state index in [4.69, 9.17) is 10.2 Å². The zero-order chi connectivity index (χ0) is 12.7. The van der Waals surface area contributed by atoms with Gasteiger partial charge in [-0.15, -0.1) is 11.3 Å². The highest BCUT2D eigenvalue weighted by molar-refractivity contribution is 7.13. The van der Waals surface area contributed by atoms with Crippen LogP contribution in [0.1, 0.15) is 18.7 Å². The van der Waals surface area contributed by atoms with Crippen molar-refractivity contribution in [3.8, 4) is 10.6 Å². The monoisotopic (exact) mass is 261 g/mol. The molecule has 1 aromatic carbocycles. The zero-order valence-corrected chi connectivity index (χ0v) is 10.5. The molecular weight excluding hydrogens is 250 g/mol. The molecule has 0 radical (unpaired) electrons. The molecule has 1 unspecified atom stereocenters. The van der Waals surface area contributed by atoms with Crippen LogP contribution in [0.15, 0.2) is 32.8 Å². The van der Waals surface area contributed by atoms with Gasteiger partial charge in [-0.3, -0.25) is 4.98 Å². The predicted molar refractivity (Wildman–Crippen MR) is 70.5 cm³/mol. The van der Waals surface area contributed by atoms with Gasteiger partial charge in [-0.05, 0) is 25.1 Å². The van der Waals surface area contributed by atoms with E-state index in [1.807, 2.05) is 24.4 Å². The Hall–Kier alpha value is -1.92. The quantitative estimate of drug-likeness (QED) is 0.741. The molecule has 2 aromatic heterocycles. The fourth-order valence-electron chi connectivity index (χ4n) is 1.71. The molecule has 3 aromatic rings. The molecular formula is C12H11N3O2S. The first kappa shape index (κ1) is 11.2. The summed E-state index contributed by atoms with van der Waals surface area (Å²) in [5.41, 5.74) is 8.82. The predicted octanol–water partition coefficient (Wildman–Crippen LogP) is 2.26. The van der Waals surface area contributed by atoms with Crippen LogP contribution < -0.4 is 11.5 Å². The number of rotatable bonds is 2. The summed E-state index contributed by atoms with van der Waals surface area (Å²) in [5, 5.41) is 2.83. The van der Waals surface area contributed by atoms with E-state index in [1.165, 1.54) is 11.3 Å². The molecule has 0 aliphatic heterocycles. The average molecular weight is 261 g/mol. The lowest BCUT2D eigenvalue weighted by Gasteiger charge is -1.98. The number of hydrogen-bond acceptors (Lipinski definition) is 5. The molecule has 2 heterocycles. The fourth-order valence-corrected chi connectivity index (χ4v) is 2.63. The minimum Gasteiger partial charge on any atom is -0.408 e. The number of nitrogens with two attached hydrogens (primary N) is 1. The van der Waals surface area contributed by atoms with Crippen LogP contribution in [0.25, 0.3) is 21.7 Å². The van der Waals surface area contributed by atoms with Crippen molar-refractivity contribution in [3.05, 3.63) is 39.8 Å². The Labute approximate surface area is 106 Å². The SMILES string of the molecule is CC(N)c1csc(-c2ccc3oc(=O)[nH]c3c2)n1. The van der Waals surface area contributed by atoms with Gasteiger partial charge in [0.25, 0.3) is 0 Å². The Morgan fingerprint density at radius 1 is 1.50 bits per heavy atom.